The monoisotopic (exact) mass is 479 g/mol. The number of carbonyl (C=O) groups excluding carboxylic acids is 1. The molecule has 0 radical (unpaired) electrons. The third-order valence-corrected chi connectivity index (χ3v) is 8.32. The van der Waals surface area contributed by atoms with Gasteiger partial charge in [-0.25, -0.2) is 8.42 Å². The lowest BCUT2D eigenvalue weighted by atomic mass is 9.85. The molecule has 0 bridgehead atoms. The number of aromatic nitrogens is 1. The molecule has 0 saturated carbocycles. The summed E-state index contributed by atoms with van der Waals surface area (Å²) < 4.78 is 43.4. The molecule has 1 atom stereocenters. The Labute approximate surface area is 195 Å². The predicted molar refractivity (Wildman–Crippen MR) is 123 cm³/mol. The second-order valence-corrected chi connectivity index (χ2v) is 10.2. The van der Waals surface area contributed by atoms with E-state index >= 15 is 0 Å². The zero-order chi connectivity index (χ0) is 24.2. The highest BCUT2D eigenvalue weighted by Gasteiger charge is 2.36. The normalized spacial score (nSPS) is 16.4. The van der Waals surface area contributed by atoms with Crippen molar-refractivity contribution in [2.24, 2.45) is 11.8 Å². The first-order chi connectivity index (χ1) is 15.7. The van der Waals surface area contributed by atoms with Crippen LogP contribution in [0.5, 0.6) is 11.5 Å². The summed E-state index contributed by atoms with van der Waals surface area (Å²) in [5.74, 6) is 1.43. The lowest BCUT2D eigenvalue weighted by Crippen LogP contribution is -2.42. The van der Waals surface area contributed by atoms with Gasteiger partial charge in [-0.05, 0) is 57.2 Å². The molecule has 1 N–H and O–H groups in total. The van der Waals surface area contributed by atoms with E-state index in [9.17, 15) is 13.2 Å². The van der Waals surface area contributed by atoms with Crippen LogP contribution in [0.15, 0.2) is 27.6 Å². The number of nitrogens with zero attached hydrogens (tertiary/aromatic N) is 2. The third-order valence-electron chi connectivity index (χ3n) is 6.18. The quantitative estimate of drug-likeness (QED) is 0.588. The molecule has 1 aromatic heterocycles. The van der Waals surface area contributed by atoms with Gasteiger partial charge in [0.1, 0.15) is 10.6 Å². The van der Waals surface area contributed by atoms with Crippen molar-refractivity contribution in [3.63, 3.8) is 0 Å². The van der Waals surface area contributed by atoms with E-state index in [-0.39, 0.29) is 22.6 Å². The fraction of sp³-hybridized carbons (Fsp3) is 0.565. The maximum atomic E-state index is 13.0. The smallest absolute Gasteiger partial charge is 0.248 e. The molecule has 182 valence electrons. The van der Waals surface area contributed by atoms with E-state index in [4.69, 9.17) is 14.0 Å². The summed E-state index contributed by atoms with van der Waals surface area (Å²) in [6, 6.07) is 5.59. The van der Waals surface area contributed by atoms with Gasteiger partial charge in [0.2, 0.25) is 15.9 Å². The molecule has 2 heterocycles. The van der Waals surface area contributed by atoms with E-state index in [2.05, 4.69) is 10.5 Å². The topological polar surface area (TPSA) is 111 Å². The van der Waals surface area contributed by atoms with Gasteiger partial charge in [-0.3, -0.25) is 4.79 Å². The number of nitrogens with one attached hydrogen (secondary N) is 1. The van der Waals surface area contributed by atoms with E-state index in [1.54, 1.807) is 21.0 Å². The Morgan fingerprint density at radius 3 is 2.55 bits per heavy atom. The van der Waals surface area contributed by atoms with Crippen LogP contribution in [-0.2, 0) is 21.4 Å². The van der Waals surface area contributed by atoms with Gasteiger partial charge < -0.3 is 19.3 Å². The second-order valence-electron chi connectivity index (χ2n) is 8.32. The number of sulfonamides is 1. The van der Waals surface area contributed by atoms with Gasteiger partial charge >= 0.3 is 0 Å². The number of hydrogen-bond acceptors (Lipinski definition) is 7. The molecule has 9 nitrogen and oxygen atoms in total. The highest BCUT2D eigenvalue weighted by molar-refractivity contribution is 7.89. The standard InChI is InChI=1S/C23H33N3O6S/c1-6-31-20-8-7-18(13-21(20)30-5)14-24-23(27)15(2)19-9-11-26(12-10-19)33(28,29)22-16(3)25-32-17(22)4/h7-8,13,15,19H,6,9-12,14H2,1-5H3,(H,24,27). The number of rotatable bonds is 9. The number of carbonyl (C=O) groups is 1. The predicted octanol–water partition coefficient (Wildman–Crippen LogP) is 3.05. The number of methoxy groups -OCH3 is 1. The Balaban J connectivity index is 1.55. The van der Waals surface area contributed by atoms with Crippen LogP contribution in [0.25, 0.3) is 0 Å². The van der Waals surface area contributed by atoms with Crippen LogP contribution >= 0.6 is 0 Å². The molecule has 3 rings (SSSR count). The lowest BCUT2D eigenvalue weighted by Gasteiger charge is -2.33. The summed E-state index contributed by atoms with van der Waals surface area (Å²) >= 11 is 0. The second kappa shape index (κ2) is 10.6. The van der Waals surface area contributed by atoms with Crippen molar-refractivity contribution in [2.75, 3.05) is 26.8 Å². The van der Waals surface area contributed by atoms with Crippen LogP contribution in [0.3, 0.4) is 0 Å². The zero-order valence-electron chi connectivity index (χ0n) is 19.9. The fourth-order valence-corrected chi connectivity index (χ4v) is 6.01. The van der Waals surface area contributed by atoms with Crippen molar-refractivity contribution < 1.29 is 27.2 Å². The summed E-state index contributed by atoms with van der Waals surface area (Å²) in [7, 11) is -2.07. The van der Waals surface area contributed by atoms with Gasteiger partial charge in [-0.15, -0.1) is 0 Å². The average Bonchev–Trinajstić information content (AvgIpc) is 3.16. The summed E-state index contributed by atoms with van der Waals surface area (Å²) in [6.45, 7) is 8.69. The molecule has 10 heteroatoms. The molecule has 33 heavy (non-hydrogen) atoms. The molecule has 1 amide bonds. The number of hydrogen-bond donors (Lipinski definition) is 1. The van der Waals surface area contributed by atoms with Gasteiger partial charge in [-0.2, -0.15) is 4.31 Å². The van der Waals surface area contributed by atoms with Crippen molar-refractivity contribution in [3.05, 3.63) is 35.2 Å². The van der Waals surface area contributed by atoms with Crippen LogP contribution in [-0.4, -0.2) is 50.6 Å². The van der Waals surface area contributed by atoms with E-state index in [1.807, 2.05) is 32.0 Å². The first kappa shape index (κ1) is 25.0. The number of piperidine rings is 1. The van der Waals surface area contributed by atoms with Crippen LogP contribution in [0, 0.1) is 25.7 Å². The van der Waals surface area contributed by atoms with E-state index < -0.39 is 10.0 Å². The van der Waals surface area contributed by atoms with E-state index in [0.29, 0.717) is 62.0 Å². The minimum atomic E-state index is -3.66. The minimum Gasteiger partial charge on any atom is -0.493 e. The molecule has 1 aliphatic rings. The van der Waals surface area contributed by atoms with Crippen molar-refractivity contribution >= 4 is 15.9 Å². The molecule has 1 saturated heterocycles. The summed E-state index contributed by atoms with van der Waals surface area (Å²) in [5.41, 5.74) is 1.28. The minimum absolute atomic E-state index is 0.0464. The Kier molecular flexibility index (Phi) is 8.01. The van der Waals surface area contributed by atoms with Crippen molar-refractivity contribution in [1.82, 2.24) is 14.8 Å². The van der Waals surface area contributed by atoms with Gasteiger partial charge in [-0.1, -0.05) is 18.1 Å². The Morgan fingerprint density at radius 1 is 1.27 bits per heavy atom. The number of benzene rings is 1. The Morgan fingerprint density at radius 2 is 1.97 bits per heavy atom. The number of ether oxygens (including phenoxy) is 2. The number of amides is 1. The number of aryl methyl sites for hydroxylation is 2. The first-order valence-corrected chi connectivity index (χ1v) is 12.6. The van der Waals surface area contributed by atoms with Crippen molar-refractivity contribution in [3.8, 4) is 11.5 Å². The van der Waals surface area contributed by atoms with Crippen molar-refractivity contribution in [2.45, 2.75) is 52.0 Å². The zero-order valence-corrected chi connectivity index (χ0v) is 20.7. The Bertz CT molecular complexity index is 1050. The van der Waals surface area contributed by atoms with Gasteiger partial charge in [0.15, 0.2) is 17.3 Å². The largest absolute Gasteiger partial charge is 0.493 e. The molecular weight excluding hydrogens is 446 g/mol. The van der Waals surface area contributed by atoms with E-state index in [1.165, 1.54) is 4.31 Å². The third kappa shape index (κ3) is 5.50. The Hall–Kier alpha value is -2.59. The molecule has 0 spiro atoms. The van der Waals surface area contributed by atoms with Crippen LogP contribution in [0.1, 0.15) is 43.7 Å². The van der Waals surface area contributed by atoms with Gasteiger partial charge in [0.25, 0.3) is 0 Å². The maximum Gasteiger partial charge on any atom is 0.248 e. The molecule has 1 fully saturated rings. The molecule has 0 aliphatic carbocycles. The van der Waals surface area contributed by atoms with Crippen LogP contribution < -0.4 is 14.8 Å². The molecule has 1 aromatic carbocycles. The fourth-order valence-electron chi connectivity index (χ4n) is 4.25. The molecule has 1 unspecified atom stereocenters. The summed E-state index contributed by atoms with van der Waals surface area (Å²) in [4.78, 5) is 12.9. The van der Waals surface area contributed by atoms with Crippen molar-refractivity contribution in [1.29, 1.82) is 0 Å². The molecule has 2 aromatic rings. The van der Waals surface area contributed by atoms with Crippen LogP contribution in [0.4, 0.5) is 0 Å². The summed E-state index contributed by atoms with van der Waals surface area (Å²) in [5, 5.41) is 6.76. The first-order valence-electron chi connectivity index (χ1n) is 11.2. The van der Waals surface area contributed by atoms with E-state index in [0.717, 1.165) is 5.56 Å². The van der Waals surface area contributed by atoms with Crippen LogP contribution in [0.2, 0.25) is 0 Å². The maximum absolute atomic E-state index is 13.0. The lowest BCUT2D eigenvalue weighted by molar-refractivity contribution is -0.126. The SMILES string of the molecule is CCOc1ccc(CNC(=O)C(C)C2CCN(S(=O)(=O)c3c(C)noc3C)CC2)cc1OC. The molecular formula is C23H33N3O6S. The molecule has 1 aliphatic heterocycles. The highest BCUT2D eigenvalue weighted by Crippen LogP contribution is 2.31. The highest BCUT2D eigenvalue weighted by atomic mass is 32.2. The van der Waals surface area contributed by atoms with Gasteiger partial charge in [0, 0.05) is 25.6 Å². The average molecular weight is 480 g/mol. The summed E-state index contributed by atoms with van der Waals surface area (Å²) in [6.07, 6.45) is 1.24. The van der Waals surface area contributed by atoms with Gasteiger partial charge in [0.05, 0.1) is 13.7 Å².